The van der Waals surface area contributed by atoms with Gasteiger partial charge in [0.2, 0.25) is 0 Å². The molecule has 1 heteroatoms. The van der Waals surface area contributed by atoms with Crippen molar-refractivity contribution in [3.63, 3.8) is 0 Å². The summed E-state index contributed by atoms with van der Waals surface area (Å²) in [4.78, 5) is 0. The highest BCUT2D eigenvalue weighted by Gasteiger charge is 2.12. The number of fused-ring (bicyclic) bond motifs is 5. The Balaban J connectivity index is 2.05. The van der Waals surface area contributed by atoms with Crippen LogP contribution < -0.4 is 0 Å². The maximum atomic E-state index is 2.36. The molecule has 1 aromatic heterocycles. The molecule has 5 aromatic rings. The molecule has 0 saturated carbocycles. The molecular weight excluding hydrogens is 302 g/mol. The molecule has 0 fully saturated rings. The molecule has 5 rings (SSSR count). The molecule has 0 unspecified atom stereocenters. The number of rotatable bonds is 1. The normalized spacial score (nSPS) is 11.6. The largest absolute Gasteiger partial charge is 0.318 e. The van der Waals surface area contributed by atoms with Crippen LogP contribution in [-0.2, 0) is 0 Å². The average Bonchev–Trinajstić information content (AvgIpc) is 2.99. The van der Waals surface area contributed by atoms with Crippen LogP contribution in [0.3, 0.4) is 0 Å². The number of nitrogens with zero attached hydrogens (tertiary/aromatic N) is 1. The Morgan fingerprint density at radius 3 is 1.88 bits per heavy atom. The van der Waals surface area contributed by atoms with Gasteiger partial charge in [-0.3, -0.25) is 0 Å². The molecule has 0 atom stereocenters. The molecule has 25 heavy (non-hydrogen) atoms. The zero-order valence-electron chi connectivity index (χ0n) is 14.5. The lowest BCUT2D eigenvalue weighted by Crippen LogP contribution is -2.00. The summed E-state index contributed by atoms with van der Waals surface area (Å²) in [6.45, 7) is 4.35. The van der Waals surface area contributed by atoms with Crippen molar-refractivity contribution in [3.8, 4) is 5.69 Å². The smallest absolute Gasteiger partial charge is 0.0539 e. The topological polar surface area (TPSA) is 4.93 Å². The maximum absolute atomic E-state index is 2.36. The van der Waals surface area contributed by atoms with Crippen LogP contribution in [0.2, 0.25) is 0 Å². The van der Waals surface area contributed by atoms with Gasteiger partial charge < -0.3 is 4.57 Å². The lowest BCUT2D eigenvalue weighted by atomic mass is 9.95. The molecule has 0 saturated heterocycles. The molecule has 4 aromatic carbocycles. The molecule has 0 aliphatic heterocycles. The second kappa shape index (κ2) is 5.22. The van der Waals surface area contributed by atoms with Crippen molar-refractivity contribution >= 4 is 32.3 Å². The molecule has 1 nitrogen and oxygen atoms in total. The minimum atomic E-state index is 1.26. The van der Waals surface area contributed by atoms with E-state index in [1.807, 2.05) is 0 Å². The molecule has 0 aliphatic rings. The number of aryl methyl sites for hydroxylation is 2. The van der Waals surface area contributed by atoms with Crippen LogP contribution in [0.5, 0.6) is 0 Å². The van der Waals surface area contributed by atoms with Gasteiger partial charge in [0.15, 0.2) is 0 Å². The van der Waals surface area contributed by atoms with Crippen LogP contribution in [-0.4, -0.2) is 4.57 Å². The highest BCUT2D eigenvalue weighted by atomic mass is 15.0. The molecule has 0 bridgehead atoms. The predicted molar refractivity (Wildman–Crippen MR) is 108 cm³/mol. The predicted octanol–water partition coefficient (Wildman–Crippen LogP) is 6.55. The quantitative estimate of drug-likeness (QED) is 0.308. The van der Waals surface area contributed by atoms with E-state index in [0.717, 1.165) is 0 Å². The van der Waals surface area contributed by atoms with Gasteiger partial charge in [0.25, 0.3) is 0 Å². The summed E-state index contributed by atoms with van der Waals surface area (Å²) in [5, 5.41) is 7.85. The van der Waals surface area contributed by atoms with Gasteiger partial charge in [-0.1, -0.05) is 60.7 Å². The summed E-state index contributed by atoms with van der Waals surface area (Å²) in [7, 11) is 0. The van der Waals surface area contributed by atoms with Crippen LogP contribution in [0, 0.1) is 13.8 Å². The fraction of sp³-hybridized carbons (Fsp3) is 0.0833. The van der Waals surface area contributed by atoms with Crippen LogP contribution in [0.4, 0.5) is 0 Å². The van der Waals surface area contributed by atoms with E-state index in [1.165, 1.54) is 49.4 Å². The van der Waals surface area contributed by atoms with Gasteiger partial charge in [-0.25, -0.2) is 0 Å². The summed E-state index contributed by atoms with van der Waals surface area (Å²) >= 11 is 0. The number of benzene rings is 4. The van der Waals surface area contributed by atoms with Gasteiger partial charge >= 0.3 is 0 Å². The average molecular weight is 321 g/mol. The maximum Gasteiger partial charge on any atom is 0.0539 e. The fourth-order valence-corrected chi connectivity index (χ4v) is 4.08. The lowest BCUT2D eigenvalue weighted by Gasteiger charge is -2.16. The molecular formula is C24H19N. The first-order chi connectivity index (χ1) is 12.2. The van der Waals surface area contributed by atoms with Crippen LogP contribution in [0.1, 0.15) is 11.4 Å². The monoisotopic (exact) mass is 321 g/mol. The second-order valence-electron chi connectivity index (χ2n) is 6.77. The van der Waals surface area contributed by atoms with Gasteiger partial charge in [-0.15, -0.1) is 0 Å². The number of hydrogen-bond acceptors (Lipinski definition) is 0. The Morgan fingerprint density at radius 1 is 0.520 bits per heavy atom. The van der Waals surface area contributed by atoms with Crippen LogP contribution in [0.25, 0.3) is 38.0 Å². The van der Waals surface area contributed by atoms with E-state index in [9.17, 15) is 0 Å². The molecule has 0 aliphatic carbocycles. The van der Waals surface area contributed by atoms with Gasteiger partial charge in [0.1, 0.15) is 0 Å². The van der Waals surface area contributed by atoms with E-state index in [0.29, 0.717) is 0 Å². The van der Waals surface area contributed by atoms with Gasteiger partial charge in [0.05, 0.1) is 5.69 Å². The minimum absolute atomic E-state index is 1.26. The van der Waals surface area contributed by atoms with Crippen molar-refractivity contribution in [2.45, 2.75) is 13.8 Å². The standard InChI is InChI=1S/C24H19N/c1-16-11-12-17(2)25(16)24-15-23-19-8-4-3-7-18(19)13-14-21(23)20-9-5-6-10-22(20)24/h3-15H,1-2H3. The van der Waals surface area contributed by atoms with E-state index >= 15 is 0 Å². The molecule has 0 amide bonds. The molecule has 0 N–H and O–H groups in total. The second-order valence-corrected chi connectivity index (χ2v) is 6.77. The zero-order chi connectivity index (χ0) is 17.0. The van der Waals surface area contributed by atoms with E-state index in [4.69, 9.17) is 0 Å². The number of hydrogen-bond donors (Lipinski definition) is 0. The molecule has 1 heterocycles. The summed E-state index contributed by atoms with van der Waals surface area (Å²) in [6.07, 6.45) is 0. The lowest BCUT2D eigenvalue weighted by molar-refractivity contribution is 0.976. The van der Waals surface area contributed by atoms with Gasteiger partial charge in [-0.05, 0) is 59.0 Å². The van der Waals surface area contributed by atoms with E-state index in [2.05, 4.69) is 97.3 Å². The summed E-state index contributed by atoms with van der Waals surface area (Å²) < 4.78 is 2.36. The summed E-state index contributed by atoms with van der Waals surface area (Å²) in [6, 6.07) is 28.6. The van der Waals surface area contributed by atoms with Gasteiger partial charge in [-0.2, -0.15) is 0 Å². The first-order valence-electron chi connectivity index (χ1n) is 8.72. The van der Waals surface area contributed by atoms with Crippen molar-refractivity contribution in [3.05, 3.63) is 90.3 Å². The van der Waals surface area contributed by atoms with E-state index in [-0.39, 0.29) is 0 Å². The van der Waals surface area contributed by atoms with Crippen molar-refractivity contribution in [1.29, 1.82) is 0 Å². The number of aromatic nitrogens is 1. The van der Waals surface area contributed by atoms with E-state index in [1.54, 1.807) is 0 Å². The first kappa shape index (κ1) is 14.3. The Kier molecular flexibility index (Phi) is 2.98. The molecule has 0 radical (unpaired) electrons. The van der Waals surface area contributed by atoms with Crippen molar-refractivity contribution in [2.75, 3.05) is 0 Å². The Labute approximate surface area is 147 Å². The summed E-state index contributed by atoms with van der Waals surface area (Å²) in [5.41, 5.74) is 3.80. The Morgan fingerprint density at radius 2 is 1.12 bits per heavy atom. The fourth-order valence-electron chi connectivity index (χ4n) is 4.08. The first-order valence-corrected chi connectivity index (χ1v) is 8.72. The third-order valence-electron chi connectivity index (χ3n) is 5.26. The SMILES string of the molecule is Cc1ccc(C)n1-c1cc2c3ccccc3ccc2c2ccccc12. The third-order valence-corrected chi connectivity index (χ3v) is 5.26. The van der Waals surface area contributed by atoms with Crippen molar-refractivity contribution in [1.82, 2.24) is 4.57 Å². The Bertz CT molecular complexity index is 1240. The third kappa shape index (κ3) is 2.02. The van der Waals surface area contributed by atoms with Gasteiger partial charge in [0, 0.05) is 16.8 Å². The van der Waals surface area contributed by atoms with Crippen molar-refractivity contribution in [2.24, 2.45) is 0 Å². The summed E-state index contributed by atoms with van der Waals surface area (Å²) in [5.74, 6) is 0. The van der Waals surface area contributed by atoms with Crippen LogP contribution >= 0.6 is 0 Å². The highest BCUT2D eigenvalue weighted by molar-refractivity contribution is 6.19. The molecule has 120 valence electrons. The molecule has 0 spiro atoms. The zero-order valence-corrected chi connectivity index (χ0v) is 14.5. The van der Waals surface area contributed by atoms with Crippen molar-refractivity contribution < 1.29 is 0 Å². The Hall–Kier alpha value is -3.06. The van der Waals surface area contributed by atoms with E-state index < -0.39 is 0 Å². The minimum Gasteiger partial charge on any atom is -0.318 e. The highest BCUT2D eigenvalue weighted by Crippen LogP contribution is 2.36. The van der Waals surface area contributed by atoms with Crippen LogP contribution in [0.15, 0.2) is 78.9 Å².